The van der Waals surface area contributed by atoms with E-state index in [1.54, 1.807) is 0 Å². The second-order valence-corrected chi connectivity index (χ2v) is 5.83. The van der Waals surface area contributed by atoms with Gasteiger partial charge in [-0.1, -0.05) is 27.7 Å². The summed E-state index contributed by atoms with van der Waals surface area (Å²) in [7, 11) is 0. The summed E-state index contributed by atoms with van der Waals surface area (Å²) < 4.78 is 27.7. The lowest BCUT2D eigenvalue weighted by Gasteiger charge is -2.36. The molecule has 1 aliphatic carbocycles. The number of hydrogen-bond donors (Lipinski definition) is 1. The van der Waals surface area contributed by atoms with Crippen molar-refractivity contribution in [3.05, 3.63) is 16.0 Å². The van der Waals surface area contributed by atoms with Crippen molar-refractivity contribution in [1.29, 1.82) is 5.26 Å². The van der Waals surface area contributed by atoms with Crippen molar-refractivity contribution in [3.8, 4) is 6.07 Å². The Balaban J connectivity index is 0.000000861. The highest BCUT2D eigenvalue weighted by atomic mass is 32.1. The molecule has 2 N–H and O–H groups in total. The van der Waals surface area contributed by atoms with Crippen molar-refractivity contribution in [2.75, 3.05) is 5.73 Å². The second-order valence-electron chi connectivity index (χ2n) is 4.78. The van der Waals surface area contributed by atoms with Crippen LogP contribution in [0.15, 0.2) is 0 Å². The van der Waals surface area contributed by atoms with E-state index in [2.05, 4.69) is 0 Å². The molecule has 0 saturated carbocycles. The Morgan fingerprint density at radius 1 is 1.37 bits per heavy atom. The highest BCUT2D eigenvalue weighted by molar-refractivity contribution is 7.16. The van der Waals surface area contributed by atoms with Crippen LogP contribution >= 0.6 is 11.3 Å². The van der Waals surface area contributed by atoms with Crippen molar-refractivity contribution < 1.29 is 8.78 Å². The van der Waals surface area contributed by atoms with E-state index >= 15 is 0 Å². The van der Waals surface area contributed by atoms with E-state index in [0.29, 0.717) is 12.0 Å². The molecule has 106 valence electrons. The fraction of sp³-hybridized carbons (Fsp3) is 0.643. The van der Waals surface area contributed by atoms with Crippen LogP contribution in [0.5, 0.6) is 0 Å². The number of nitrogens with two attached hydrogens (primary N) is 1. The van der Waals surface area contributed by atoms with Crippen LogP contribution < -0.4 is 5.73 Å². The van der Waals surface area contributed by atoms with E-state index in [0.717, 1.165) is 17.8 Å². The molecule has 1 aromatic rings. The van der Waals surface area contributed by atoms with Crippen molar-refractivity contribution in [2.45, 2.75) is 58.3 Å². The first kappa shape index (κ1) is 15.9. The van der Waals surface area contributed by atoms with Crippen LogP contribution in [0.1, 0.15) is 63.0 Å². The summed E-state index contributed by atoms with van der Waals surface area (Å²) in [5.41, 5.74) is 6.09. The molecule has 2 rings (SSSR count). The smallest absolute Gasteiger partial charge is 0.282 e. The predicted octanol–water partition coefficient (Wildman–Crippen LogP) is 4.78. The normalized spacial score (nSPS) is 23.8. The maximum Gasteiger partial charge on any atom is 0.282 e. The number of hydrogen-bond acceptors (Lipinski definition) is 3. The molecule has 1 unspecified atom stereocenters. The van der Waals surface area contributed by atoms with Crippen molar-refractivity contribution >= 4 is 16.3 Å². The molecule has 2 nitrogen and oxygen atoms in total. The molecule has 0 radical (unpaired) electrons. The van der Waals surface area contributed by atoms with E-state index in [1.165, 1.54) is 0 Å². The quantitative estimate of drug-likeness (QED) is 0.807. The third-order valence-electron chi connectivity index (χ3n) is 3.75. The van der Waals surface area contributed by atoms with Crippen LogP contribution in [0.2, 0.25) is 0 Å². The van der Waals surface area contributed by atoms with Gasteiger partial charge in [-0.05, 0) is 23.8 Å². The van der Waals surface area contributed by atoms with Crippen LogP contribution in [0.4, 0.5) is 13.8 Å². The van der Waals surface area contributed by atoms with E-state index in [9.17, 15) is 8.78 Å². The van der Waals surface area contributed by atoms with Crippen LogP contribution in [0.25, 0.3) is 0 Å². The van der Waals surface area contributed by atoms with Gasteiger partial charge in [0.2, 0.25) is 0 Å². The predicted molar refractivity (Wildman–Crippen MR) is 75.6 cm³/mol. The summed E-state index contributed by atoms with van der Waals surface area (Å²) in [4.78, 5) is 0.00199. The van der Waals surface area contributed by atoms with Crippen LogP contribution in [0, 0.1) is 11.3 Å². The number of fused-ring (bicyclic) bond motifs is 1. The number of alkyl halides is 2. The Morgan fingerprint density at radius 2 is 1.95 bits per heavy atom. The van der Waals surface area contributed by atoms with E-state index in [1.807, 2.05) is 33.8 Å². The molecule has 1 aliphatic rings. The minimum atomic E-state index is -2.84. The Bertz CT molecular complexity index is 502. The number of thiophene rings is 1. The summed E-state index contributed by atoms with van der Waals surface area (Å²) in [6.45, 7) is 7.90. The number of halogens is 2. The Labute approximate surface area is 117 Å². The van der Waals surface area contributed by atoms with Gasteiger partial charge in [-0.3, -0.25) is 0 Å². The van der Waals surface area contributed by atoms with E-state index < -0.39 is 5.92 Å². The van der Waals surface area contributed by atoms with Crippen molar-refractivity contribution in [2.24, 2.45) is 0 Å². The van der Waals surface area contributed by atoms with Gasteiger partial charge in [0.1, 0.15) is 11.1 Å². The zero-order valence-corrected chi connectivity index (χ0v) is 12.6. The Kier molecular flexibility index (Phi) is 4.57. The maximum absolute atomic E-state index is 13.9. The van der Waals surface area contributed by atoms with Crippen molar-refractivity contribution in [1.82, 2.24) is 0 Å². The lowest BCUT2D eigenvalue weighted by atomic mass is 9.70. The average molecular weight is 286 g/mol. The number of nitriles is 1. The molecule has 0 bridgehead atoms. The van der Waals surface area contributed by atoms with Crippen LogP contribution in [-0.2, 0) is 11.3 Å². The van der Waals surface area contributed by atoms with Gasteiger partial charge in [0.25, 0.3) is 5.92 Å². The fourth-order valence-corrected chi connectivity index (χ4v) is 3.59. The third kappa shape index (κ3) is 2.46. The largest absolute Gasteiger partial charge is 0.389 e. The molecule has 0 fully saturated rings. The highest BCUT2D eigenvalue weighted by Crippen LogP contribution is 2.54. The summed E-state index contributed by atoms with van der Waals surface area (Å²) in [6, 6.07) is 1.98. The number of rotatable bonds is 1. The van der Waals surface area contributed by atoms with Gasteiger partial charge < -0.3 is 5.73 Å². The maximum atomic E-state index is 13.9. The fourth-order valence-electron chi connectivity index (χ4n) is 2.42. The molecule has 19 heavy (non-hydrogen) atoms. The van der Waals surface area contributed by atoms with Crippen LogP contribution in [0.3, 0.4) is 0 Å². The standard InChI is InChI=1S/C12H14F2N2S.C2H6/c1-3-11(2)4-5-12(13,14)9-8(11)7(6-15)10(16)17-9;1-2/h3-5,16H2,1-2H3;1-2H3. The topological polar surface area (TPSA) is 49.8 Å². The summed E-state index contributed by atoms with van der Waals surface area (Å²) in [6.07, 6.45) is 0.977. The molecule has 5 heteroatoms. The minimum absolute atomic E-state index is 0.00199. The second kappa shape index (κ2) is 5.46. The number of anilines is 1. The first-order valence-corrected chi connectivity index (χ1v) is 7.38. The molecular weight excluding hydrogens is 266 g/mol. The van der Waals surface area contributed by atoms with Gasteiger partial charge in [0.15, 0.2) is 0 Å². The van der Waals surface area contributed by atoms with Gasteiger partial charge in [0.05, 0.1) is 10.4 Å². The number of nitrogens with zero attached hydrogens (tertiary/aromatic N) is 1. The molecular formula is C14H20F2N2S. The minimum Gasteiger partial charge on any atom is -0.389 e. The first-order valence-electron chi connectivity index (χ1n) is 6.57. The first-order chi connectivity index (χ1) is 8.85. The summed E-state index contributed by atoms with van der Waals surface area (Å²) in [5, 5.41) is 9.31. The molecule has 0 aliphatic heterocycles. The van der Waals surface area contributed by atoms with Gasteiger partial charge >= 0.3 is 0 Å². The van der Waals surface area contributed by atoms with Crippen molar-refractivity contribution in [3.63, 3.8) is 0 Å². The lowest BCUT2D eigenvalue weighted by molar-refractivity contribution is -0.0281. The Hall–Kier alpha value is -1.15. The van der Waals surface area contributed by atoms with E-state index in [4.69, 9.17) is 11.0 Å². The van der Waals surface area contributed by atoms with Gasteiger partial charge in [0, 0.05) is 6.42 Å². The van der Waals surface area contributed by atoms with Gasteiger partial charge in [-0.2, -0.15) is 5.26 Å². The monoisotopic (exact) mass is 286 g/mol. The molecule has 0 spiro atoms. The lowest BCUT2D eigenvalue weighted by Crippen LogP contribution is -2.33. The molecule has 0 saturated heterocycles. The van der Waals surface area contributed by atoms with Crippen LogP contribution in [-0.4, -0.2) is 0 Å². The highest BCUT2D eigenvalue weighted by Gasteiger charge is 2.48. The molecule has 0 aromatic carbocycles. The summed E-state index contributed by atoms with van der Waals surface area (Å²) in [5.74, 6) is -2.84. The zero-order valence-electron chi connectivity index (χ0n) is 11.8. The van der Waals surface area contributed by atoms with Gasteiger partial charge in [-0.15, -0.1) is 11.3 Å². The molecule has 0 amide bonds. The molecule has 1 aromatic heterocycles. The average Bonchev–Trinajstić information content (AvgIpc) is 2.76. The Morgan fingerprint density at radius 3 is 2.42 bits per heavy atom. The SMILES string of the molecule is CC.CCC1(C)CCC(F)(F)c2sc(N)c(C#N)c21. The molecule has 1 heterocycles. The van der Waals surface area contributed by atoms with E-state index in [-0.39, 0.29) is 27.3 Å². The number of nitrogen functional groups attached to an aromatic ring is 1. The summed E-state index contributed by atoms with van der Waals surface area (Å²) >= 11 is 0.871. The van der Waals surface area contributed by atoms with Gasteiger partial charge in [-0.25, -0.2) is 8.78 Å². The third-order valence-corrected chi connectivity index (χ3v) is 4.89. The molecule has 1 atom stereocenters. The zero-order chi connectivity index (χ0) is 14.8.